The Morgan fingerprint density at radius 1 is 1.60 bits per heavy atom. The third-order valence-electron chi connectivity index (χ3n) is 2.27. The van der Waals surface area contributed by atoms with E-state index in [1.807, 2.05) is 6.07 Å². The number of hydrogen-bond donors (Lipinski definition) is 1. The van der Waals surface area contributed by atoms with Gasteiger partial charge in [0.1, 0.15) is 17.9 Å². The van der Waals surface area contributed by atoms with Crippen LogP contribution in [0.4, 0.5) is 0 Å². The fourth-order valence-electron chi connectivity index (χ4n) is 1.53. The highest BCUT2D eigenvalue weighted by molar-refractivity contribution is 5.19. The van der Waals surface area contributed by atoms with Gasteiger partial charge in [-0.3, -0.25) is 0 Å². The molecule has 0 aliphatic carbocycles. The molecule has 1 unspecified atom stereocenters. The Morgan fingerprint density at radius 2 is 2.53 bits per heavy atom. The summed E-state index contributed by atoms with van der Waals surface area (Å²) in [4.78, 5) is 7.93. The summed E-state index contributed by atoms with van der Waals surface area (Å²) in [6.45, 7) is 1.86. The first-order chi connectivity index (χ1) is 7.38. The zero-order chi connectivity index (χ0) is 10.5. The summed E-state index contributed by atoms with van der Waals surface area (Å²) in [6.07, 6.45) is 3.76. The van der Waals surface area contributed by atoms with Crippen LogP contribution in [0.15, 0.2) is 12.3 Å². The smallest absolute Gasteiger partial charge is 0.317 e. The fraction of sp³-hybridized carbons (Fsp3) is 0.500. The number of hydrogen-bond acceptors (Lipinski definition) is 5. The first-order valence-electron chi connectivity index (χ1n) is 4.99. The number of piperidine rings is 1. The summed E-state index contributed by atoms with van der Waals surface area (Å²) in [5, 5.41) is 11.9. The molecule has 0 spiro atoms. The van der Waals surface area contributed by atoms with E-state index in [0.717, 1.165) is 25.9 Å². The maximum absolute atomic E-state index is 8.66. The second kappa shape index (κ2) is 4.71. The molecular formula is C10H12N4O. The highest BCUT2D eigenvalue weighted by atomic mass is 16.5. The van der Waals surface area contributed by atoms with Crippen LogP contribution >= 0.6 is 0 Å². The predicted octanol–water partition coefficient (Wildman–Crippen LogP) is 0.479. The van der Waals surface area contributed by atoms with Crippen LogP contribution in [0.5, 0.6) is 6.01 Å². The van der Waals surface area contributed by atoms with Crippen LogP contribution < -0.4 is 10.1 Å². The van der Waals surface area contributed by atoms with Gasteiger partial charge < -0.3 is 10.1 Å². The number of nitrogens with zero attached hydrogens (tertiary/aromatic N) is 3. The predicted molar refractivity (Wildman–Crippen MR) is 53.3 cm³/mol. The van der Waals surface area contributed by atoms with Crippen molar-refractivity contribution in [1.82, 2.24) is 15.3 Å². The molecule has 0 aromatic carbocycles. The lowest BCUT2D eigenvalue weighted by Gasteiger charge is -2.22. The molecule has 2 rings (SSSR count). The zero-order valence-corrected chi connectivity index (χ0v) is 8.31. The molecule has 0 bridgehead atoms. The third-order valence-corrected chi connectivity index (χ3v) is 2.27. The molecule has 1 aromatic heterocycles. The summed E-state index contributed by atoms with van der Waals surface area (Å²) in [5.41, 5.74) is 0.337. The van der Waals surface area contributed by atoms with Crippen LogP contribution in [0.3, 0.4) is 0 Å². The quantitative estimate of drug-likeness (QED) is 0.758. The molecule has 1 aromatic rings. The summed E-state index contributed by atoms with van der Waals surface area (Å²) < 4.78 is 5.56. The Labute approximate surface area is 88.1 Å². The van der Waals surface area contributed by atoms with Crippen molar-refractivity contribution in [1.29, 1.82) is 5.26 Å². The van der Waals surface area contributed by atoms with Gasteiger partial charge in [-0.2, -0.15) is 10.2 Å². The lowest BCUT2D eigenvalue weighted by molar-refractivity contribution is 0.153. The minimum Gasteiger partial charge on any atom is -0.459 e. The molecule has 1 N–H and O–H groups in total. The molecule has 1 aliphatic rings. The average Bonchev–Trinajstić information content (AvgIpc) is 2.31. The van der Waals surface area contributed by atoms with Gasteiger partial charge in [-0.15, -0.1) is 0 Å². The van der Waals surface area contributed by atoms with Gasteiger partial charge in [-0.05, 0) is 25.5 Å². The van der Waals surface area contributed by atoms with Crippen LogP contribution in [0, 0.1) is 11.3 Å². The van der Waals surface area contributed by atoms with E-state index in [4.69, 9.17) is 10.00 Å². The van der Waals surface area contributed by atoms with Crippen molar-refractivity contribution in [2.75, 3.05) is 13.1 Å². The van der Waals surface area contributed by atoms with E-state index in [9.17, 15) is 0 Å². The Hall–Kier alpha value is -1.67. The third kappa shape index (κ3) is 2.64. The molecule has 0 radical (unpaired) electrons. The number of rotatable bonds is 2. The summed E-state index contributed by atoms with van der Waals surface area (Å²) in [7, 11) is 0. The van der Waals surface area contributed by atoms with E-state index in [1.54, 1.807) is 6.07 Å². The summed E-state index contributed by atoms with van der Waals surface area (Å²) in [5.74, 6) is 0. The summed E-state index contributed by atoms with van der Waals surface area (Å²) >= 11 is 0. The zero-order valence-electron chi connectivity index (χ0n) is 8.31. The van der Waals surface area contributed by atoms with Crippen LogP contribution in [-0.2, 0) is 0 Å². The first kappa shape index (κ1) is 9.87. The topological polar surface area (TPSA) is 70.8 Å². The van der Waals surface area contributed by atoms with Crippen LogP contribution in [-0.4, -0.2) is 29.2 Å². The van der Waals surface area contributed by atoms with E-state index in [-0.39, 0.29) is 6.10 Å². The van der Waals surface area contributed by atoms with Crippen molar-refractivity contribution < 1.29 is 4.74 Å². The van der Waals surface area contributed by atoms with Gasteiger partial charge in [-0.25, -0.2) is 4.98 Å². The van der Waals surface area contributed by atoms with Gasteiger partial charge in [0.25, 0.3) is 0 Å². The van der Waals surface area contributed by atoms with Crippen molar-refractivity contribution in [3.8, 4) is 12.1 Å². The largest absolute Gasteiger partial charge is 0.459 e. The number of aromatic nitrogens is 2. The number of nitriles is 1. The van der Waals surface area contributed by atoms with Gasteiger partial charge in [0.2, 0.25) is 0 Å². The van der Waals surface area contributed by atoms with E-state index in [0.29, 0.717) is 11.7 Å². The monoisotopic (exact) mass is 204 g/mol. The molecule has 5 heteroatoms. The van der Waals surface area contributed by atoms with Crippen LogP contribution in [0.1, 0.15) is 18.5 Å². The minimum absolute atomic E-state index is 0.118. The van der Waals surface area contributed by atoms with Gasteiger partial charge in [0.05, 0.1) is 0 Å². The SMILES string of the molecule is N#Cc1ccnc(OC2CCCNC2)n1. The lowest BCUT2D eigenvalue weighted by Crippen LogP contribution is -2.37. The highest BCUT2D eigenvalue weighted by Gasteiger charge is 2.15. The molecule has 0 saturated carbocycles. The fourth-order valence-corrected chi connectivity index (χ4v) is 1.53. The maximum Gasteiger partial charge on any atom is 0.317 e. The van der Waals surface area contributed by atoms with Gasteiger partial charge in [-0.1, -0.05) is 0 Å². The van der Waals surface area contributed by atoms with Crippen LogP contribution in [0.25, 0.3) is 0 Å². The Morgan fingerprint density at radius 3 is 3.27 bits per heavy atom. The second-order valence-corrected chi connectivity index (χ2v) is 3.42. The normalized spacial score (nSPS) is 20.6. The number of nitrogens with one attached hydrogen (secondary N) is 1. The highest BCUT2D eigenvalue weighted by Crippen LogP contribution is 2.10. The van der Waals surface area contributed by atoms with Crippen molar-refractivity contribution >= 4 is 0 Å². The Kier molecular flexibility index (Phi) is 3.10. The minimum atomic E-state index is 0.118. The Bertz CT molecular complexity index is 368. The van der Waals surface area contributed by atoms with Gasteiger partial charge in [0, 0.05) is 12.7 Å². The average molecular weight is 204 g/mol. The molecule has 1 aliphatic heterocycles. The van der Waals surface area contributed by atoms with E-state index in [1.165, 1.54) is 6.20 Å². The number of ether oxygens (including phenoxy) is 1. The van der Waals surface area contributed by atoms with Crippen LogP contribution in [0.2, 0.25) is 0 Å². The molecular weight excluding hydrogens is 192 g/mol. The van der Waals surface area contributed by atoms with E-state index >= 15 is 0 Å². The second-order valence-electron chi connectivity index (χ2n) is 3.42. The lowest BCUT2D eigenvalue weighted by atomic mass is 10.1. The first-order valence-corrected chi connectivity index (χ1v) is 4.99. The molecule has 1 saturated heterocycles. The molecule has 1 fully saturated rings. The standard InChI is InChI=1S/C10H12N4O/c11-6-8-3-5-13-10(14-8)15-9-2-1-4-12-7-9/h3,5,9,12H,1-2,4,7H2. The van der Waals surface area contributed by atoms with E-state index < -0.39 is 0 Å². The maximum atomic E-state index is 8.66. The molecule has 2 heterocycles. The Balaban J connectivity index is 2.00. The van der Waals surface area contributed by atoms with Crippen molar-refractivity contribution in [2.24, 2.45) is 0 Å². The van der Waals surface area contributed by atoms with Gasteiger partial charge >= 0.3 is 6.01 Å². The van der Waals surface area contributed by atoms with Crippen molar-refractivity contribution in [3.05, 3.63) is 18.0 Å². The van der Waals surface area contributed by atoms with Gasteiger partial charge in [0.15, 0.2) is 0 Å². The molecule has 1 atom stereocenters. The van der Waals surface area contributed by atoms with E-state index in [2.05, 4.69) is 15.3 Å². The molecule has 0 amide bonds. The molecule has 15 heavy (non-hydrogen) atoms. The van der Waals surface area contributed by atoms with Crippen molar-refractivity contribution in [3.63, 3.8) is 0 Å². The van der Waals surface area contributed by atoms with Crippen molar-refractivity contribution in [2.45, 2.75) is 18.9 Å². The molecule has 78 valence electrons. The molecule has 5 nitrogen and oxygen atoms in total. The summed E-state index contributed by atoms with van der Waals surface area (Å²) in [6, 6.07) is 3.81.